The third-order valence-corrected chi connectivity index (χ3v) is 3.97. The van der Waals surface area contributed by atoms with Crippen molar-refractivity contribution < 1.29 is 18.0 Å². The Morgan fingerprint density at radius 1 is 1.26 bits per heavy atom. The van der Waals surface area contributed by atoms with E-state index in [4.69, 9.17) is 4.42 Å². The second-order valence-electron chi connectivity index (χ2n) is 4.94. The van der Waals surface area contributed by atoms with Gasteiger partial charge in [0.15, 0.2) is 5.13 Å². The maximum atomic E-state index is 13.7. The van der Waals surface area contributed by atoms with Gasteiger partial charge >= 0.3 is 0 Å². The van der Waals surface area contributed by atoms with Gasteiger partial charge in [0, 0.05) is 10.9 Å². The summed E-state index contributed by atoms with van der Waals surface area (Å²) in [4.78, 5) is 16.3. The molecule has 3 rings (SSSR count). The highest BCUT2D eigenvalue weighted by Crippen LogP contribution is 2.28. The van der Waals surface area contributed by atoms with Crippen molar-refractivity contribution in [1.29, 1.82) is 0 Å². The average molecular weight is 334 g/mol. The fourth-order valence-corrected chi connectivity index (χ4v) is 2.87. The molecule has 23 heavy (non-hydrogen) atoms. The lowest BCUT2D eigenvalue weighted by Gasteiger charge is -2.01. The number of aromatic nitrogens is 1. The lowest BCUT2D eigenvalue weighted by atomic mass is 10.1. The van der Waals surface area contributed by atoms with Gasteiger partial charge in [-0.05, 0) is 38.1 Å². The van der Waals surface area contributed by atoms with Gasteiger partial charge < -0.3 is 4.42 Å². The molecule has 0 atom stereocenters. The lowest BCUT2D eigenvalue weighted by molar-refractivity contribution is 0.102. The van der Waals surface area contributed by atoms with Gasteiger partial charge in [0.2, 0.25) is 0 Å². The Kier molecular flexibility index (Phi) is 3.96. The van der Waals surface area contributed by atoms with Gasteiger partial charge in [-0.3, -0.25) is 10.1 Å². The number of aryl methyl sites for hydroxylation is 2. The molecule has 1 amide bonds. The molecule has 0 aliphatic carbocycles. The van der Waals surface area contributed by atoms with E-state index in [0.29, 0.717) is 22.2 Å². The van der Waals surface area contributed by atoms with Crippen LogP contribution in [0, 0.1) is 25.5 Å². The van der Waals surface area contributed by atoms with Gasteiger partial charge in [0.1, 0.15) is 23.2 Å². The third-order valence-electron chi connectivity index (χ3n) is 3.21. The molecule has 1 aromatic carbocycles. The first kappa shape index (κ1) is 15.4. The minimum Gasteiger partial charge on any atom is -0.466 e. The number of amides is 1. The highest BCUT2D eigenvalue weighted by Gasteiger charge is 2.16. The van der Waals surface area contributed by atoms with Crippen LogP contribution in [0.3, 0.4) is 0 Å². The highest BCUT2D eigenvalue weighted by molar-refractivity contribution is 7.14. The van der Waals surface area contributed by atoms with Crippen molar-refractivity contribution in [2.45, 2.75) is 13.8 Å². The molecule has 0 saturated heterocycles. The Balaban J connectivity index is 1.84. The quantitative estimate of drug-likeness (QED) is 0.764. The molecule has 0 aliphatic heterocycles. The van der Waals surface area contributed by atoms with E-state index in [9.17, 15) is 13.6 Å². The predicted molar refractivity (Wildman–Crippen MR) is 83.6 cm³/mol. The lowest BCUT2D eigenvalue weighted by Crippen LogP contribution is -2.11. The van der Waals surface area contributed by atoms with Crippen molar-refractivity contribution in [2.24, 2.45) is 0 Å². The number of nitrogens with zero attached hydrogens (tertiary/aromatic N) is 1. The molecule has 3 aromatic rings. The largest absolute Gasteiger partial charge is 0.466 e. The van der Waals surface area contributed by atoms with Crippen LogP contribution in [-0.4, -0.2) is 10.9 Å². The fraction of sp³-hybridized carbons (Fsp3) is 0.125. The zero-order chi connectivity index (χ0) is 16.6. The first-order valence-corrected chi connectivity index (χ1v) is 7.61. The maximum Gasteiger partial charge on any atom is 0.260 e. The Morgan fingerprint density at radius 3 is 2.74 bits per heavy atom. The first-order valence-electron chi connectivity index (χ1n) is 6.73. The number of anilines is 1. The number of thiazole rings is 1. The Labute approximate surface area is 134 Å². The van der Waals surface area contributed by atoms with Crippen molar-refractivity contribution in [3.05, 3.63) is 58.4 Å². The summed E-state index contributed by atoms with van der Waals surface area (Å²) >= 11 is 1.13. The van der Waals surface area contributed by atoms with Crippen molar-refractivity contribution in [1.82, 2.24) is 4.98 Å². The van der Waals surface area contributed by atoms with E-state index in [2.05, 4.69) is 10.3 Å². The van der Waals surface area contributed by atoms with Gasteiger partial charge in [-0.15, -0.1) is 11.3 Å². The third kappa shape index (κ3) is 3.14. The van der Waals surface area contributed by atoms with E-state index in [1.165, 1.54) is 0 Å². The molecule has 4 nitrogen and oxygen atoms in total. The number of hydrogen-bond acceptors (Lipinski definition) is 4. The molecule has 0 fully saturated rings. The topological polar surface area (TPSA) is 55.1 Å². The summed E-state index contributed by atoms with van der Waals surface area (Å²) in [6.45, 7) is 3.44. The average Bonchev–Trinajstić information content (AvgIpc) is 3.08. The monoisotopic (exact) mass is 334 g/mol. The number of carbonyl (C=O) groups is 1. The SMILES string of the molecule is Cc1cc(C(=O)Nc2nc(-c3cc(F)ccc3F)cs2)c(C)o1. The summed E-state index contributed by atoms with van der Waals surface area (Å²) in [7, 11) is 0. The number of benzene rings is 1. The van der Waals surface area contributed by atoms with Crippen LogP contribution in [0.2, 0.25) is 0 Å². The van der Waals surface area contributed by atoms with Gasteiger partial charge in [-0.25, -0.2) is 13.8 Å². The van der Waals surface area contributed by atoms with Crippen LogP contribution < -0.4 is 5.32 Å². The molecule has 0 unspecified atom stereocenters. The van der Waals surface area contributed by atoms with Gasteiger partial charge in [0.25, 0.3) is 5.91 Å². The van der Waals surface area contributed by atoms with E-state index in [0.717, 1.165) is 29.5 Å². The van der Waals surface area contributed by atoms with Gasteiger partial charge in [0.05, 0.1) is 11.3 Å². The van der Waals surface area contributed by atoms with Crippen molar-refractivity contribution >= 4 is 22.4 Å². The van der Waals surface area contributed by atoms with Gasteiger partial charge in [-0.1, -0.05) is 0 Å². The molecule has 7 heteroatoms. The second-order valence-corrected chi connectivity index (χ2v) is 5.80. The minimum atomic E-state index is -0.573. The van der Waals surface area contributed by atoms with Crippen LogP contribution in [0.1, 0.15) is 21.9 Å². The van der Waals surface area contributed by atoms with E-state index < -0.39 is 11.6 Å². The zero-order valence-electron chi connectivity index (χ0n) is 12.3. The molecule has 1 N–H and O–H groups in total. The van der Waals surface area contributed by atoms with Gasteiger partial charge in [-0.2, -0.15) is 0 Å². The number of hydrogen-bond donors (Lipinski definition) is 1. The smallest absolute Gasteiger partial charge is 0.260 e. The normalized spacial score (nSPS) is 10.8. The summed E-state index contributed by atoms with van der Waals surface area (Å²) in [6, 6.07) is 4.78. The summed E-state index contributed by atoms with van der Waals surface area (Å²) < 4.78 is 32.3. The molecular weight excluding hydrogens is 322 g/mol. The zero-order valence-corrected chi connectivity index (χ0v) is 13.1. The van der Waals surface area contributed by atoms with E-state index in [1.54, 1.807) is 25.3 Å². The predicted octanol–water partition coefficient (Wildman–Crippen LogP) is 4.55. The Morgan fingerprint density at radius 2 is 2.04 bits per heavy atom. The molecule has 2 aromatic heterocycles. The summed E-state index contributed by atoms with van der Waals surface area (Å²) in [5.74, 6) is -0.345. The summed E-state index contributed by atoms with van der Waals surface area (Å²) in [5.41, 5.74) is 0.732. The van der Waals surface area contributed by atoms with Crippen LogP contribution >= 0.6 is 11.3 Å². The van der Waals surface area contributed by atoms with E-state index in [1.807, 2.05) is 0 Å². The number of furan rings is 1. The van der Waals surface area contributed by atoms with E-state index >= 15 is 0 Å². The molecule has 0 radical (unpaired) electrons. The Hall–Kier alpha value is -2.54. The van der Waals surface area contributed by atoms with Crippen LogP contribution in [-0.2, 0) is 0 Å². The highest BCUT2D eigenvalue weighted by atomic mass is 32.1. The molecule has 118 valence electrons. The molecule has 2 heterocycles. The molecule has 0 bridgehead atoms. The Bertz CT molecular complexity index is 886. The number of nitrogens with one attached hydrogen (secondary N) is 1. The van der Waals surface area contributed by atoms with E-state index in [-0.39, 0.29) is 17.2 Å². The standard InChI is InChI=1S/C16H12F2N2O2S/c1-8-5-11(9(2)22-8)15(21)20-16-19-14(7-23-16)12-6-10(17)3-4-13(12)18/h3-7H,1-2H3,(H,19,20,21). The van der Waals surface area contributed by atoms with Crippen molar-refractivity contribution in [3.63, 3.8) is 0 Å². The second kappa shape index (κ2) is 5.92. The molecular formula is C16H12F2N2O2S. The van der Waals surface area contributed by atoms with Crippen LogP contribution in [0.25, 0.3) is 11.3 Å². The maximum absolute atomic E-state index is 13.7. The number of carbonyl (C=O) groups excluding carboxylic acids is 1. The minimum absolute atomic E-state index is 0.0529. The van der Waals surface area contributed by atoms with Crippen LogP contribution in [0.5, 0.6) is 0 Å². The molecule has 0 spiro atoms. The van der Waals surface area contributed by atoms with Crippen molar-refractivity contribution in [2.75, 3.05) is 5.32 Å². The fourth-order valence-electron chi connectivity index (χ4n) is 2.17. The molecule has 0 aliphatic rings. The summed E-state index contributed by atoms with van der Waals surface area (Å²) in [6.07, 6.45) is 0. The summed E-state index contributed by atoms with van der Waals surface area (Å²) in [5, 5.41) is 4.48. The van der Waals surface area contributed by atoms with Crippen molar-refractivity contribution in [3.8, 4) is 11.3 Å². The number of rotatable bonds is 3. The van der Waals surface area contributed by atoms with Crippen LogP contribution in [0.4, 0.5) is 13.9 Å². The first-order chi connectivity index (χ1) is 10.9. The molecule has 0 saturated carbocycles. The number of halogens is 2. The van der Waals surface area contributed by atoms with Crippen LogP contribution in [0.15, 0.2) is 34.1 Å².